The number of hydrogen-bond acceptors (Lipinski definition) is 3. The quantitative estimate of drug-likeness (QED) is 0.867. The molecule has 1 fully saturated rings. The topological polar surface area (TPSA) is 50.4 Å². The summed E-state index contributed by atoms with van der Waals surface area (Å²) in [4.78, 5) is 12.1. The third kappa shape index (κ3) is 3.97. The molecule has 1 unspecified atom stereocenters. The van der Waals surface area contributed by atoms with Gasteiger partial charge in [0, 0.05) is 18.7 Å². The second kappa shape index (κ2) is 6.75. The van der Waals surface area contributed by atoms with Gasteiger partial charge in [0.25, 0.3) is 5.91 Å². The van der Waals surface area contributed by atoms with Crippen LogP contribution < -0.4 is 15.4 Å². The smallest absolute Gasteiger partial charge is 0.251 e. The van der Waals surface area contributed by atoms with Gasteiger partial charge in [0.15, 0.2) is 0 Å². The van der Waals surface area contributed by atoms with Crippen molar-refractivity contribution in [3.63, 3.8) is 0 Å². The molecule has 0 aliphatic carbocycles. The molecule has 1 aromatic carbocycles. The van der Waals surface area contributed by atoms with Crippen molar-refractivity contribution < 1.29 is 9.53 Å². The van der Waals surface area contributed by atoms with Crippen LogP contribution in [0, 0.1) is 5.41 Å². The third-order valence-electron chi connectivity index (χ3n) is 3.79. The van der Waals surface area contributed by atoms with Crippen molar-refractivity contribution in [3.05, 3.63) is 29.8 Å². The highest BCUT2D eigenvalue weighted by molar-refractivity contribution is 5.94. The van der Waals surface area contributed by atoms with Crippen LogP contribution >= 0.6 is 0 Å². The first-order valence-electron chi connectivity index (χ1n) is 7.35. The zero-order valence-electron chi connectivity index (χ0n) is 12.4. The van der Waals surface area contributed by atoms with E-state index >= 15 is 0 Å². The summed E-state index contributed by atoms with van der Waals surface area (Å²) in [5.74, 6) is 0.785. The highest BCUT2D eigenvalue weighted by Gasteiger charge is 2.27. The van der Waals surface area contributed by atoms with Crippen molar-refractivity contribution in [2.45, 2.75) is 26.7 Å². The fourth-order valence-electron chi connectivity index (χ4n) is 2.53. The van der Waals surface area contributed by atoms with Crippen LogP contribution in [0.1, 0.15) is 37.0 Å². The second-order valence-electron chi connectivity index (χ2n) is 5.73. The molecule has 1 aliphatic heterocycles. The lowest BCUT2D eigenvalue weighted by molar-refractivity contribution is 0.0924. The number of amides is 1. The van der Waals surface area contributed by atoms with Gasteiger partial charge in [-0.25, -0.2) is 0 Å². The molecule has 1 aromatic rings. The molecule has 0 bridgehead atoms. The Kier molecular flexibility index (Phi) is 5.01. The number of rotatable bonds is 5. The van der Waals surface area contributed by atoms with Crippen molar-refractivity contribution in [2.24, 2.45) is 5.41 Å². The summed E-state index contributed by atoms with van der Waals surface area (Å²) in [5.41, 5.74) is 0.847. The second-order valence-corrected chi connectivity index (χ2v) is 5.73. The van der Waals surface area contributed by atoms with Gasteiger partial charge in [0.2, 0.25) is 0 Å². The average molecular weight is 276 g/mol. The SMILES string of the molecule is CCOc1ccc(C(=O)NCC2(C)CCCNC2)cc1. The Hall–Kier alpha value is -1.55. The van der Waals surface area contributed by atoms with E-state index in [9.17, 15) is 4.79 Å². The maximum absolute atomic E-state index is 12.1. The number of piperidine rings is 1. The largest absolute Gasteiger partial charge is 0.494 e. The van der Waals surface area contributed by atoms with E-state index in [0.29, 0.717) is 18.7 Å². The molecular weight excluding hydrogens is 252 g/mol. The fourth-order valence-corrected chi connectivity index (χ4v) is 2.53. The fraction of sp³-hybridized carbons (Fsp3) is 0.562. The van der Waals surface area contributed by atoms with Gasteiger partial charge in [0.05, 0.1) is 6.61 Å². The molecule has 0 aromatic heterocycles. The van der Waals surface area contributed by atoms with Gasteiger partial charge in [-0.3, -0.25) is 4.79 Å². The predicted molar refractivity (Wildman–Crippen MR) is 80.2 cm³/mol. The van der Waals surface area contributed by atoms with Crippen LogP contribution in [0.5, 0.6) is 5.75 Å². The zero-order valence-corrected chi connectivity index (χ0v) is 12.4. The van der Waals surface area contributed by atoms with E-state index in [1.54, 1.807) is 0 Å². The van der Waals surface area contributed by atoms with E-state index < -0.39 is 0 Å². The Labute approximate surface area is 120 Å². The van der Waals surface area contributed by atoms with Gasteiger partial charge < -0.3 is 15.4 Å². The molecule has 4 heteroatoms. The summed E-state index contributed by atoms with van der Waals surface area (Å²) >= 11 is 0. The number of hydrogen-bond donors (Lipinski definition) is 2. The maximum Gasteiger partial charge on any atom is 0.251 e. The predicted octanol–water partition coefficient (Wildman–Crippen LogP) is 2.20. The van der Waals surface area contributed by atoms with Gasteiger partial charge >= 0.3 is 0 Å². The normalized spacial score (nSPS) is 22.3. The lowest BCUT2D eigenvalue weighted by Gasteiger charge is -2.34. The summed E-state index contributed by atoms with van der Waals surface area (Å²) < 4.78 is 5.37. The standard InChI is InChI=1S/C16H24N2O2/c1-3-20-14-7-5-13(6-8-14)15(19)18-12-16(2)9-4-10-17-11-16/h5-8,17H,3-4,9-12H2,1-2H3,(H,18,19). The summed E-state index contributed by atoms with van der Waals surface area (Å²) in [6, 6.07) is 7.29. The first kappa shape index (κ1) is 14.9. The van der Waals surface area contributed by atoms with Crippen LogP contribution in [-0.2, 0) is 0 Å². The minimum Gasteiger partial charge on any atom is -0.494 e. The van der Waals surface area contributed by atoms with Crippen LogP contribution in [-0.4, -0.2) is 32.1 Å². The lowest BCUT2D eigenvalue weighted by Crippen LogP contribution is -2.45. The third-order valence-corrected chi connectivity index (χ3v) is 3.79. The molecule has 1 atom stereocenters. The summed E-state index contributed by atoms with van der Waals surface area (Å²) in [6.45, 7) is 7.57. The first-order valence-corrected chi connectivity index (χ1v) is 7.35. The average Bonchev–Trinajstić information content (AvgIpc) is 2.47. The molecule has 0 radical (unpaired) electrons. The highest BCUT2D eigenvalue weighted by Crippen LogP contribution is 2.24. The summed E-state index contributed by atoms with van der Waals surface area (Å²) in [6.07, 6.45) is 2.33. The van der Waals surface area contributed by atoms with E-state index in [4.69, 9.17) is 4.74 Å². The van der Waals surface area contributed by atoms with Crippen LogP contribution in [0.25, 0.3) is 0 Å². The lowest BCUT2D eigenvalue weighted by atomic mass is 9.83. The van der Waals surface area contributed by atoms with Gasteiger partial charge in [-0.05, 0) is 56.0 Å². The van der Waals surface area contributed by atoms with Crippen LogP contribution in [0.15, 0.2) is 24.3 Å². The van der Waals surface area contributed by atoms with Crippen molar-refractivity contribution in [1.29, 1.82) is 0 Å². The minimum atomic E-state index is -0.0140. The zero-order chi connectivity index (χ0) is 14.4. The van der Waals surface area contributed by atoms with E-state index in [1.807, 2.05) is 31.2 Å². The molecule has 20 heavy (non-hydrogen) atoms. The number of benzene rings is 1. The highest BCUT2D eigenvalue weighted by atomic mass is 16.5. The van der Waals surface area contributed by atoms with E-state index in [2.05, 4.69) is 17.6 Å². The molecule has 0 saturated carbocycles. The Balaban J connectivity index is 1.87. The van der Waals surface area contributed by atoms with Gasteiger partial charge in [-0.2, -0.15) is 0 Å². The van der Waals surface area contributed by atoms with E-state index in [0.717, 1.165) is 25.3 Å². The molecule has 4 nitrogen and oxygen atoms in total. The number of ether oxygens (including phenoxy) is 1. The number of carbonyl (C=O) groups excluding carboxylic acids is 1. The number of nitrogens with one attached hydrogen (secondary N) is 2. The number of carbonyl (C=O) groups is 1. The molecular formula is C16H24N2O2. The van der Waals surface area contributed by atoms with Crippen molar-refractivity contribution in [1.82, 2.24) is 10.6 Å². The van der Waals surface area contributed by atoms with E-state index in [1.165, 1.54) is 6.42 Å². The van der Waals surface area contributed by atoms with Crippen molar-refractivity contribution in [2.75, 3.05) is 26.2 Å². The Morgan fingerprint density at radius 3 is 2.75 bits per heavy atom. The molecule has 2 rings (SSSR count). The minimum absolute atomic E-state index is 0.0140. The maximum atomic E-state index is 12.1. The van der Waals surface area contributed by atoms with Crippen LogP contribution in [0.2, 0.25) is 0 Å². The molecule has 0 spiro atoms. The van der Waals surface area contributed by atoms with Gasteiger partial charge in [0.1, 0.15) is 5.75 Å². The molecule has 2 N–H and O–H groups in total. The molecule has 1 aliphatic rings. The summed E-state index contributed by atoms with van der Waals surface area (Å²) in [5, 5.41) is 6.43. The first-order chi connectivity index (χ1) is 9.63. The Morgan fingerprint density at radius 2 is 2.15 bits per heavy atom. The van der Waals surface area contributed by atoms with E-state index in [-0.39, 0.29) is 11.3 Å². The van der Waals surface area contributed by atoms with Gasteiger partial charge in [-0.1, -0.05) is 6.92 Å². The molecule has 1 amide bonds. The summed E-state index contributed by atoms with van der Waals surface area (Å²) in [7, 11) is 0. The van der Waals surface area contributed by atoms with Crippen LogP contribution in [0.3, 0.4) is 0 Å². The van der Waals surface area contributed by atoms with Crippen LogP contribution in [0.4, 0.5) is 0 Å². The molecule has 110 valence electrons. The molecule has 1 saturated heterocycles. The van der Waals surface area contributed by atoms with Gasteiger partial charge in [-0.15, -0.1) is 0 Å². The van der Waals surface area contributed by atoms with Crippen molar-refractivity contribution >= 4 is 5.91 Å². The van der Waals surface area contributed by atoms with Crippen molar-refractivity contribution in [3.8, 4) is 5.75 Å². The monoisotopic (exact) mass is 276 g/mol. The Morgan fingerprint density at radius 1 is 1.40 bits per heavy atom. The Bertz CT molecular complexity index is 436. The molecule has 1 heterocycles.